The molecule has 2 aliphatic rings. The maximum absolute atomic E-state index is 12.6. The average Bonchev–Trinajstić information content (AvgIpc) is 3.24. The minimum atomic E-state index is 0.156. The highest BCUT2D eigenvalue weighted by molar-refractivity contribution is 7.13. The molecule has 1 aromatic carbocycles. The van der Waals surface area contributed by atoms with E-state index in [-0.39, 0.29) is 5.56 Å². The molecule has 0 radical (unpaired) electrons. The molecule has 1 N–H and O–H groups in total. The molecule has 0 saturated carbocycles. The Kier molecular flexibility index (Phi) is 4.57. The number of likely N-dealkylation sites (tertiary alicyclic amines) is 1. The Bertz CT molecular complexity index is 1020. The van der Waals surface area contributed by atoms with Crippen molar-refractivity contribution in [3.63, 3.8) is 0 Å². The van der Waals surface area contributed by atoms with Crippen molar-refractivity contribution >= 4 is 11.3 Å². The van der Waals surface area contributed by atoms with Crippen molar-refractivity contribution in [1.82, 2.24) is 4.57 Å². The lowest BCUT2D eigenvalue weighted by Gasteiger charge is -2.41. The van der Waals surface area contributed by atoms with E-state index in [1.54, 1.807) is 29.4 Å². The summed E-state index contributed by atoms with van der Waals surface area (Å²) in [7, 11) is 1.71. The molecular weight excluding hydrogens is 368 g/mol. The zero-order chi connectivity index (χ0) is 19.1. The fourth-order valence-corrected chi connectivity index (χ4v) is 5.81. The molecule has 5 heteroatoms. The third-order valence-corrected chi connectivity index (χ3v) is 7.09. The van der Waals surface area contributed by atoms with Crippen LogP contribution in [0, 0.1) is 5.92 Å². The van der Waals surface area contributed by atoms with E-state index in [0.717, 1.165) is 31.9 Å². The first kappa shape index (κ1) is 17.7. The largest absolute Gasteiger partial charge is 0.497 e. The van der Waals surface area contributed by atoms with Crippen LogP contribution in [0.5, 0.6) is 5.75 Å². The van der Waals surface area contributed by atoms with Crippen LogP contribution in [0.15, 0.2) is 58.7 Å². The summed E-state index contributed by atoms with van der Waals surface area (Å²) in [6.45, 7) is 4.11. The maximum atomic E-state index is 12.6. The standard InChI is InChI=1S/C23H24N2O2S/c1-27-19-6-4-16(5-7-19)12-24-13-17-11-18(15-24)23-20(21-3-2-10-28-21)8-9-22(26)25(23)14-17/h2-10,17-18H,11-15H2,1H3/p+1/t17-,18+/m0/s1. The highest BCUT2D eigenvalue weighted by Gasteiger charge is 2.38. The van der Waals surface area contributed by atoms with Crippen LogP contribution < -0.4 is 15.2 Å². The minimum Gasteiger partial charge on any atom is -0.497 e. The second-order valence-corrected chi connectivity index (χ2v) is 8.99. The van der Waals surface area contributed by atoms with Gasteiger partial charge in [-0.1, -0.05) is 6.07 Å². The number of hydrogen-bond acceptors (Lipinski definition) is 3. The van der Waals surface area contributed by atoms with Gasteiger partial charge in [0.15, 0.2) is 0 Å². The summed E-state index contributed by atoms with van der Waals surface area (Å²) in [6.07, 6.45) is 1.20. The van der Waals surface area contributed by atoms with Gasteiger partial charge in [-0.25, -0.2) is 0 Å². The summed E-state index contributed by atoms with van der Waals surface area (Å²) in [5.41, 5.74) is 4.02. The molecule has 4 nitrogen and oxygen atoms in total. The van der Waals surface area contributed by atoms with E-state index in [1.807, 2.05) is 18.2 Å². The number of benzene rings is 1. The highest BCUT2D eigenvalue weighted by atomic mass is 32.1. The van der Waals surface area contributed by atoms with Gasteiger partial charge in [0.05, 0.1) is 20.2 Å². The van der Waals surface area contributed by atoms with Gasteiger partial charge in [0.1, 0.15) is 12.3 Å². The number of thiophene rings is 1. The van der Waals surface area contributed by atoms with Gasteiger partial charge in [-0.3, -0.25) is 4.79 Å². The molecule has 1 unspecified atom stereocenters. The zero-order valence-electron chi connectivity index (χ0n) is 16.1. The van der Waals surface area contributed by atoms with E-state index in [1.165, 1.54) is 28.1 Å². The number of nitrogens with one attached hydrogen (secondary N) is 1. The molecule has 144 valence electrons. The Balaban J connectivity index is 1.45. The summed E-state index contributed by atoms with van der Waals surface area (Å²) in [6, 6.07) is 16.5. The lowest BCUT2D eigenvalue weighted by atomic mass is 9.81. The van der Waals surface area contributed by atoms with Crippen molar-refractivity contribution in [3.05, 3.63) is 75.5 Å². The van der Waals surface area contributed by atoms with Crippen LogP contribution in [0.3, 0.4) is 0 Å². The maximum Gasteiger partial charge on any atom is 0.250 e. The predicted molar refractivity (Wildman–Crippen MR) is 112 cm³/mol. The van der Waals surface area contributed by atoms with Gasteiger partial charge in [0, 0.05) is 46.1 Å². The Labute approximate surface area is 169 Å². The van der Waals surface area contributed by atoms with E-state index >= 15 is 0 Å². The lowest BCUT2D eigenvalue weighted by molar-refractivity contribution is -0.924. The molecule has 2 aromatic heterocycles. The summed E-state index contributed by atoms with van der Waals surface area (Å²) in [5.74, 6) is 1.94. The molecule has 0 spiro atoms. The summed E-state index contributed by atoms with van der Waals surface area (Å²) in [4.78, 5) is 15.5. The number of fused-ring (bicyclic) bond motifs is 4. The van der Waals surface area contributed by atoms with E-state index < -0.39 is 0 Å². The number of quaternary nitrogens is 1. The number of pyridine rings is 1. The Morgan fingerprint density at radius 1 is 1.14 bits per heavy atom. The third-order valence-electron chi connectivity index (χ3n) is 6.18. The van der Waals surface area contributed by atoms with Gasteiger partial charge in [0.2, 0.25) is 0 Å². The molecule has 0 aliphatic carbocycles. The second-order valence-electron chi connectivity index (χ2n) is 8.04. The minimum absolute atomic E-state index is 0.156. The molecule has 2 bridgehead atoms. The number of hydrogen-bond donors (Lipinski definition) is 1. The SMILES string of the molecule is COc1ccc(C[NH+]2C[C@@H]3C[C@H](C2)c2c(-c4cccs4)ccc(=O)n2C3)cc1. The van der Waals surface area contributed by atoms with Crippen LogP contribution in [-0.4, -0.2) is 24.8 Å². The van der Waals surface area contributed by atoms with Crippen LogP contribution in [0.25, 0.3) is 10.4 Å². The molecule has 3 aromatic rings. The van der Waals surface area contributed by atoms with Crippen molar-refractivity contribution in [3.8, 4) is 16.2 Å². The smallest absolute Gasteiger partial charge is 0.250 e. The van der Waals surface area contributed by atoms with Gasteiger partial charge in [-0.2, -0.15) is 0 Å². The third kappa shape index (κ3) is 3.19. The number of aromatic nitrogens is 1. The fourth-order valence-electron chi connectivity index (χ4n) is 5.05. The van der Waals surface area contributed by atoms with Crippen molar-refractivity contribution in [2.24, 2.45) is 5.92 Å². The molecule has 4 heterocycles. The topological polar surface area (TPSA) is 35.7 Å². The number of ether oxygens (including phenoxy) is 1. The number of methoxy groups -OCH3 is 1. The van der Waals surface area contributed by atoms with Crippen molar-refractivity contribution in [2.45, 2.75) is 25.4 Å². The fraction of sp³-hybridized carbons (Fsp3) is 0.348. The van der Waals surface area contributed by atoms with Gasteiger partial charge in [-0.15, -0.1) is 11.3 Å². The molecule has 1 saturated heterocycles. The van der Waals surface area contributed by atoms with Gasteiger partial charge >= 0.3 is 0 Å². The first-order valence-corrected chi connectivity index (χ1v) is 10.8. The molecule has 0 amide bonds. The molecule has 2 aliphatic heterocycles. The van der Waals surface area contributed by atoms with Gasteiger partial charge in [-0.05, 0) is 48.2 Å². The van der Waals surface area contributed by atoms with Crippen LogP contribution >= 0.6 is 11.3 Å². The number of rotatable bonds is 4. The molecular formula is C23H25N2O2S+. The molecule has 28 heavy (non-hydrogen) atoms. The van der Waals surface area contributed by atoms with Gasteiger partial charge in [0.25, 0.3) is 5.56 Å². The zero-order valence-corrected chi connectivity index (χ0v) is 16.9. The van der Waals surface area contributed by atoms with Crippen LogP contribution in [0.4, 0.5) is 0 Å². The monoisotopic (exact) mass is 393 g/mol. The quantitative estimate of drug-likeness (QED) is 0.740. The van der Waals surface area contributed by atoms with Crippen LogP contribution in [0.2, 0.25) is 0 Å². The van der Waals surface area contributed by atoms with Gasteiger partial charge < -0.3 is 14.2 Å². The van der Waals surface area contributed by atoms with Crippen LogP contribution in [-0.2, 0) is 13.1 Å². The molecule has 5 rings (SSSR count). The Morgan fingerprint density at radius 3 is 2.75 bits per heavy atom. The second kappa shape index (κ2) is 7.22. The summed E-state index contributed by atoms with van der Waals surface area (Å²) in [5, 5.41) is 2.12. The predicted octanol–water partition coefficient (Wildman–Crippen LogP) is 2.79. The van der Waals surface area contributed by atoms with Crippen LogP contribution in [0.1, 0.15) is 23.6 Å². The number of nitrogens with zero attached hydrogens (tertiary/aromatic N) is 1. The lowest BCUT2D eigenvalue weighted by Crippen LogP contribution is -3.13. The molecule has 1 fully saturated rings. The average molecular weight is 394 g/mol. The first-order valence-electron chi connectivity index (χ1n) is 9.95. The Morgan fingerprint density at radius 2 is 2.00 bits per heavy atom. The molecule has 3 atom stereocenters. The highest BCUT2D eigenvalue weighted by Crippen LogP contribution is 2.38. The van der Waals surface area contributed by atoms with Crippen molar-refractivity contribution in [1.29, 1.82) is 0 Å². The number of piperidine rings is 1. The van der Waals surface area contributed by atoms with E-state index in [2.05, 4.69) is 34.2 Å². The van der Waals surface area contributed by atoms with Crippen molar-refractivity contribution in [2.75, 3.05) is 20.2 Å². The van der Waals surface area contributed by atoms with E-state index in [9.17, 15) is 4.79 Å². The van der Waals surface area contributed by atoms with Crippen molar-refractivity contribution < 1.29 is 9.64 Å². The summed E-state index contributed by atoms with van der Waals surface area (Å²) < 4.78 is 7.35. The first-order chi connectivity index (χ1) is 13.7. The Hall–Kier alpha value is -2.37. The normalized spacial score (nSPS) is 23.2. The van der Waals surface area contributed by atoms with E-state index in [0.29, 0.717) is 11.8 Å². The summed E-state index contributed by atoms with van der Waals surface area (Å²) >= 11 is 1.76. The van der Waals surface area contributed by atoms with E-state index in [4.69, 9.17) is 4.74 Å².